The van der Waals surface area contributed by atoms with Crippen LogP contribution in [0.1, 0.15) is 25.5 Å². The second-order valence-electron chi connectivity index (χ2n) is 4.65. The van der Waals surface area contributed by atoms with Gasteiger partial charge in [-0.25, -0.2) is 4.98 Å². The van der Waals surface area contributed by atoms with Gasteiger partial charge < -0.3 is 10.6 Å². The van der Waals surface area contributed by atoms with Gasteiger partial charge in [0.1, 0.15) is 0 Å². The molecule has 0 saturated carbocycles. The minimum absolute atomic E-state index is 0.556. The lowest BCUT2D eigenvalue weighted by Gasteiger charge is -2.17. The first-order valence-corrected chi connectivity index (χ1v) is 7.11. The summed E-state index contributed by atoms with van der Waals surface area (Å²) in [5, 5.41) is 2.06. The summed E-state index contributed by atoms with van der Waals surface area (Å²) >= 11 is 1.67. The summed E-state index contributed by atoms with van der Waals surface area (Å²) in [4.78, 5) is 8.18. The molecule has 4 nitrogen and oxygen atoms in total. The van der Waals surface area contributed by atoms with Gasteiger partial charge in [-0.3, -0.25) is 4.40 Å². The molecular weight excluding hydrogens is 232 g/mol. The van der Waals surface area contributed by atoms with Crippen LogP contribution in [0.2, 0.25) is 0 Å². The molecule has 2 aromatic heterocycles. The lowest BCUT2D eigenvalue weighted by atomic mass is 10.1. The van der Waals surface area contributed by atoms with Crippen molar-refractivity contribution in [2.45, 2.75) is 26.3 Å². The predicted octanol–water partition coefficient (Wildman–Crippen LogP) is 2.09. The number of fused-ring (bicyclic) bond motifs is 1. The van der Waals surface area contributed by atoms with Crippen molar-refractivity contribution in [2.24, 2.45) is 11.7 Å². The lowest BCUT2D eigenvalue weighted by Crippen LogP contribution is -2.22. The minimum Gasteiger partial charge on any atom is -0.355 e. The number of hydrogen-bond acceptors (Lipinski definition) is 4. The SMILES string of the molecule is CCC1CCN(c2nc3sccn3c2CN)C1. The molecule has 0 aromatic carbocycles. The van der Waals surface area contributed by atoms with Gasteiger partial charge in [-0.15, -0.1) is 11.3 Å². The maximum atomic E-state index is 5.87. The molecule has 2 N–H and O–H groups in total. The molecule has 17 heavy (non-hydrogen) atoms. The van der Waals surface area contributed by atoms with Crippen molar-refractivity contribution in [3.8, 4) is 0 Å². The molecule has 1 unspecified atom stereocenters. The number of nitrogens with two attached hydrogens (primary N) is 1. The molecule has 0 aliphatic carbocycles. The lowest BCUT2D eigenvalue weighted by molar-refractivity contribution is 0.568. The number of rotatable bonds is 3. The number of imidazole rings is 1. The Bertz CT molecular complexity index is 516. The highest BCUT2D eigenvalue weighted by atomic mass is 32.1. The van der Waals surface area contributed by atoms with Gasteiger partial charge in [-0.1, -0.05) is 13.3 Å². The zero-order valence-electron chi connectivity index (χ0n) is 10.1. The molecule has 5 heteroatoms. The van der Waals surface area contributed by atoms with Crippen molar-refractivity contribution >= 4 is 22.1 Å². The van der Waals surface area contributed by atoms with Crippen molar-refractivity contribution in [3.05, 3.63) is 17.3 Å². The first kappa shape index (κ1) is 11.0. The molecule has 2 aromatic rings. The number of hydrogen-bond donors (Lipinski definition) is 1. The molecule has 1 aliphatic rings. The van der Waals surface area contributed by atoms with Crippen LogP contribution in [0.5, 0.6) is 0 Å². The summed E-state index contributed by atoms with van der Waals surface area (Å²) in [6.07, 6.45) is 4.61. The smallest absolute Gasteiger partial charge is 0.195 e. The first-order chi connectivity index (χ1) is 8.33. The first-order valence-electron chi connectivity index (χ1n) is 6.23. The average Bonchev–Trinajstić information content (AvgIpc) is 3.02. The molecular formula is C12H18N4S. The van der Waals surface area contributed by atoms with E-state index in [1.165, 1.54) is 12.8 Å². The Morgan fingerprint density at radius 3 is 3.18 bits per heavy atom. The summed E-state index contributed by atoms with van der Waals surface area (Å²) in [5.74, 6) is 1.93. The van der Waals surface area contributed by atoms with E-state index in [9.17, 15) is 0 Å². The zero-order chi connectivity index (χ0) is 11.8. The van der Waals surface area contributed by atoms with Gasteiger partial charge in [0.05, 0.1) is 5.69 Å². The van der Waals surface area contributed by atoms with Crippen LogP contribution >= 0.6 is 11.3 Å². The normalized spacial score (nSPS) is 20.6. The highest BCUT2D eigenvalue weighted by molar-refractivity contribution is 7.15. The average molecular weight is 250 g/mol. The summed E-state index contributed by atoms with van der Waals surface area (Å²) < 4.78 is 2.12. The third kappa shape index (κ3) is 1.73. The molecule has 1 atom stereocenters. The number of anilines is 1. The van der Waals surface area contributed by atoms with Gasteiger partial charge in [0, 0.05) is 31.2 Å². The second-order valence-corrected chi connectivity index (χ2v) is 5.52. The predicted molar refractivity (Wildman–Crippen MR) is 71.6 cm³/mol. The number of aromatic nitrogens is 2. The molecule has 1 fully saturated rings. The van der Waals surface area contributed by atoms with Crippen LogP contribution in [-0.4, -0.2) is 22.5 Å². The highest BCUT2D eigenvalue weighted by Crippen LogP contribution is 2.29. The minimum atomic E-state index is 0.556. The van der Waals surface area contributed by atoms with Gasteiger partial charge >= 0.3 is 0 Å². The molecule has 3 heterocycles. The van der Waals surface area contributed by atoms with Gasteiger partial charge in [0.25, 0.3) is 0 Å². The van der Waals surface area contributed by atoms with E-state index in [0.29, 0.717) is 6.54 Å². The van der Waals surface area contributed by atoms with E-state index in [2.05, 4.69) is 27.8 Å². The maximum Gasteiger partial charge on any atom is 0.195 e. The van der Waals surface area contributed by atoms with Crippen LogP contribution in [-0.2, 0) is 6.54 Å². The Balaban J connectivity index is 1.97. The number of nitrogens with zero attached hydrogens (tertiary/aromatic N) is 3. The fraction of sp³-hybridized carbons (Fsp3) is 0.583. The zero-order valence-corrected chi connectivity index (χ0v) is 10.9. The van der Waals surface area contributed by atoms with Crippen LogP contribution in [0.3, 0.4) is 0 Å². The van der Waals surface area contributed by atoms with Crippen LogP contribution in [0.4, 0.5) is 5.82 Å². The van der Waals surface area contributed by atoms with Gasteiger partial charge in [-0.05, 0) is 12.3 Å². The Hall–Kier alpha value is -1.07. The van der Waals surface area contributed by atoms with E-state index in [1.807, 2.05) is 0 Å². The van der Waals surface area contributed by atoms with E-state index < -0.39 is 0 Å². The molecule has 3 rings (SSSR count). The molecule has 0 spiro atoms. The van der Waals surface area contributed by atoms with Crippen LogP contribution in [0.25, 0.3) is 4.96 Å². The third-order valence-corrected chi connectivity index (χ3v) is 4.45. The Labute approximate surface area is 105 Å². The summed E-state index contributed by atoms with van der Waals surface area (Å²) in [7, 11) is 0. The standard InChI is InChI=1S/C12H18N4S/c1-2-9-3-4-15(8-9)11-10(7-13)16-5-6-17-12(16)14-11/h5-6,9H,2-4,7-8,13H2,1H3. The van der Waals surface area contributed by atoms with Crippen molar-refractivity contribution in [3.63, 3.8) is 0 Å². The summed E-state index contributed by atoms with van der Waals surface area (Å²) in [5.41, 5.74) is 7.02. The maximum absolute atomic E-state index is 5.87. The fourth-order valence-electron chi connectivity index (χ4n) is 2.62. The van der Waals surface area contributed by atoms with E-state index >= 15 is 0 Å². The largest absolute Gasteiger partial charge is 0.355 e. The van der Waals surface area contributed by atoms with Crippen LogP contribution in [0.15, 0.2) is 11.6 Å². The monoisotopic (exact) mass is 250 g/mol. The van der Waals surface area contributed by atoms with Crippen molar-refractivity contribution in [2.75, 3.05) is 18.0 Å². The Morgan fingerprint density at radius 2 is 2.47 bits per heavy atom. The van der Waals surface area contributed by atoms with Crippen molar-refractivity contribution < 1.29 is 0 Å². The number of thiazole rings is 1. The van der Waals surface area contributed by atoms with Gasteiger partial charge in [0.2, 0.25) is 0 Å². The van der Waals surface area contributed by atoms with Crippen LogP contribution in [0, 0.1) is 5.92 Å². The van der Waals surface area contributed by atoms with Crippen LogP contribution < -0.4 is 10.6 Å². The van der Waals surface area contributed by atoms with Crippen molar-refractivity contribution in [1.29, 1.82) is 0 Å². The molecule has 0 radical (unpaired) electrons. The van der Waals surface area contributed by atoms with E-state index in [4.69, 9.17) is 10.7 Å². The highest BCUT2D eigenvalue weighted by Gasteiger charge is 2.25. The Kier molecular flexibility index (Phi) is 2.80. The topological polar surface area (TPSA) is 46.6 Å². The molecule has 0 amide bonds. The van der Waals surface area contributed by atoms with Gasteiger partial charge in [-0.2, -0.15) is 0 Å². The van der Waals surface area contributed by atoms with E-state index in [-0.39, 0.29) is 0 Å². The van der Waals surface area contributed by atoms with E-state index in [1.54, 1.807) is 11.3 Å². The Morgan fingerprint density at radius 1 is 1.59 bits per heavy atom. The summed E-state index contributed by atoms with van der Waals surface area (Å²) in [6, 6.07) is 0. The summed E-state index contributed by atoms with van der Waals surface area (Å²) in [6.45, 7) is 5.08. The molecule has 92 valence electrons. The fourth-order valence-corrected chi connectivity index (χ4v) is 3.35. The second kappa shape index (κ2) is 4.31. The molecule has 1 aliphatic heterocycles. The van der Waals surface area contributed by atoms with Gasteiger partial charge in [0.15, 0.2) is 10.8 Å². The van der Waals surface area contributed by atoms with E-state index in [0.717, 1.165) is 35.5 Å². The third-order valence-electron chi connectivity index (χ3n) is 3.70. The molecule has 1 saturated heterocycles. The quantitative estimate of drug-likeness (QED) is 0.907. The molecule has 0 bridgehead atoms. The van der Waals surface area contributed by atoms with Crippen molar-refractivity contribution in [1.82, 2.24) is 9.38 Å².